The summed E-state index contributed by atoms with van der Waals surface area (Å²) in [4.78, 5) is 46.9. The van der Waals surface area contributed by atoms with Crippen molar-refractivity contribution in [3.63, 3.8) is 0 Å². The second-order valence-corrected chi connectivity index (χ2v) is 6.52. The van der Waals surface area contributed by atoms with E-state index >= 15 is 0 Å². The molecule has 0 bridgehead atoms. The third-order valence-electron chi connectivity index (χ3n) is 4.77. The predicted molar refractivity (Wildman–Crippen MR) is 99.6 cm³/mol. The standard InChI is InChI=1S/C21H17N3O4/c1-13-11-18(14(2)23(13)12-15-7-5-6-10-22-15)21(27)28-24-19(25)16-8-3-4-9-17(16)20(24)26/h3-11H,12H2,1-2H3. The van der Waals surface area contributed by atoms with Gasteiger partial charge < -0.3 is 9.40 Å². The number of fused-ring (bicyclic) bond motifs is 1. The average Bonchev–Trinajstić information content (AvgIpc) is 3.12. The van der Waals surface area contributed by atoms with Gasteiger partial charge in [0.2, 0.25) is 0 Å². The summed E-state index contributed by atoms with van der Waals surface area (Å²) >= 11 is 0. The van der Waals surface area contributed by atoms with Crippen molar-refractivity contribution in [1.82, 2.24) is 14.6 Å². The summed E-state index contributed by atoms with van der Waals surface area (Å²) in [5, 5.41) is 0.526. The number of rotatable bonds is 4. The highest BCUT2D eigenvalue weighted by Gasteiger charge is 2.39. The van der Waals surface area contributed by atoms with Crippen LogP contribution in [0.25, 0.3) is 0 Å². The van der Waals surface area contributed by atoms with Crippen LogP contribution in [0.5, 0.6) is 0 Å². The number of pyridine rings is 1. The summed E-state index contributed by atoms with van der Waals surface area (Å²) in [6.07, 6.45) is 1.71. The number of imide groups is 1. The van der Waals surface area contributed by atoms with E-state index in [1.54, 1.807) is 31.3 Å². The number of hydrogen-bond donors (Lipinski definition) is 0. The van der Waals surface area contributed by atoms with Crippen LogP contribution >= 0.6 is 0 Å². The number of hydroxylamine groups is 2. The van der Waals surface area contributed by atoms with E-state index < -0.39 is 17.8 Å². The fraction of sp³-hybridized carbons (Fsp3) is 0.143. The van der Waals surface area contributed by atoms with Gasteiger partial charge in [0.15, 0.2) is 0 Å². The van der Waals surface area contributed by atoms with Crippen LogP contribution in [0.2, 0.25) is 0 Å². The maximum absolute atomic E-state index is 12.7. The smallest absolute Gasteiger partial charge is 0.342 e. The van der Waals surface area contributed by atoms with E-state index in [0.717, 1.165) is 11.4 Å². The van der Waals surface area contributed by atoms with Gasteiger partial charge >= 0.3 is 5.97 Å². The lowest BCUT2D eigenvalue weighted by Crippen LogP contribution is -2.32. The van der Waals surface area contributed by atoms with Gasteiger partial charge in [-0.25, -0.2) is 4.79 Å². The molecular weight excluding hydrogens is 358 g/mol. The van der Waals surface area contributed by atoms with E-state index in [1.165, 1.54) is 12.1 Å². The Kier molecular flexibility index (Phi) is 4.27. The van der Waals surface area contributed by atoms with Crippen molar-refractivity contribution in [2.24, 2.45) is 0 Å². The fourth-order valence-electron chi connectivity index (χ4n) is 3.29. The molecule has 3 heterocycles. The molecule has 1 aromatic carbocycles. The zero-order valence-corrected chi connectivity index (χ0v) is 15.4. The van der Waals surface area contributed by atoms with Gasteiger partial charge in [0.1, 0.15) is 0 Å². The summed E-state index contributed by atoms with van der Waals surface area (Å²) in [5.41, 5.74) is 3.11. The minimum atomic E-state index is -0.755. The molecule has 0 saturated heterocycles. The van der Waals surface area contributed by atoms with E-state index in [0.29, 0.717) is 22.9 Å². The van der Waals surface area contributed by atoms with Gasteiger partial charge in [0.25, 0.3) is 11.8 Å². The fourth-order valence-corrected chi connectivity index (χ4v) is 3.29. The monoisotopic (exact) mass is 375 g/mol. The van der Waals surface area contributed by atoms with Crippen molar-refractivity contribution in [2.75, 3.05) is 0 Å². The Morgan fingerprint density at radius 2 is 1.64 bits per heavy atom. The van der Waals surface area contributed by atoms with Crippen LogP contribution in [0.15, 0.2) is 54.7 Å². The van der Waals surface area contributed by atoms with Gasteiger partial charge in [-0.1, -0.05) is 23.3 Å². The zero-order chi connectivity index (χ0) is 19.8. The largest absolute Gasteiger partial charge is 0.365 e. The molecule has 0 spiro atoms. The van der Waals surface area contributed by atoms with Gasteiger partial charge in [-0.2, -0.15) is 0 Å². The number of amides is 2. The molecule has 0 saturated carbocycles. The summed E-state index contributed by atoms with van der Waals surface area (Å²) < 4.78 is 1.93. The predicted octanol–water partition coefficient (Wildman–Crippen LogP) is 2.92. The molecule has 0 N–H and O–H groups in total. The van der Waals surface area contributed by atoms with Crippen LogP contribution < -0.4 is 0 Å². The molecule has 0 atom stereocenters. The van der Waals surface area contributed by atoms with Crippen molar-refractivity contribution in [3.05, 3.63) is 88.5 Å². The van der Waals surface area contributed by atoms with Crippen molar-refractivity contribution in [1.29, 1.82) is 0 Å². The van der Waals surface area contributed by atoms with Gasteiger partial charge in [-0.05, 0) is 44.2 Å². The molecule has 0 unspecified atom stereocenters. The molecule has 28 heavy (non-hydrogen) atoms. The van der Waals surface area contributed by atoms with E-state index in [4.69, 9.17) is 4.84 Å². The Labute approximate surface area is 161 Å². The Morgan fingerprint density at radius 1 is 1.00 bits per heavy atom. The third kappa shape index (κ3) is 2.87. The van der Waals surface area contributed by atoms with Crippen molar-refractivity contribution >= 4 is 17.8 Å². The molecular formula is C21H17N3O4. The molecule has 0 fully saturated rings. The highest BCUT2D eigenvalue weighted by molar-refractivity contribution is 6.21. The number of carbonyl (C=O) groups excluding carboxylic acids is 3. The number of hydrogen-bond acceptors (Lipinski definition) is 5. The maximum atomic E-state index is 12.7. The van der Waals surface area contributed by atoms with E-state index in [1.807, 2.05) is 29.7 Å². The van der Waals surface area contributed by atoms with Gasteiger partial charge in [-0.15, -0.1) is 0 Å². The Morgan fingerprint density at radius 3 is 2.25 bits per heavy atom. The molecule has 0 radical (unpaired) electrons. The average molecular weight is 375 g/mol. The van der Waals surface area contributed by atoms with Crippen molar-refractivity contribution in [3.8, 4) is 0 Å². The first kappa shape index (κ1) is 17.7. The van der Waals surface area contributed by atoms with Crippen LogP contribution in [0.4, 0.5) is 0 Å². The molecule has 4 rings (SSSR count). The lowest BCUT2D eigenvalue weighted by atomic mass is 10.1. The second kappa shape index (κ2) is 6.77. The minimum absolute atomic E-state index is 0.223. The van der Waals surface area contributed by atoms with E-state index in [9.17, 15) is 14.4 Å². The molecule has 1 aliphatic heterocycles. The summed E-state index contributed by atoms with van der Waals surface area (Å²) in [6.45, 7) is 4.16. The number of aryl methyl sites for hydroxylation is 1. The first-order valence-electron chi connectivity index (χ1n) is 8.74. The van der Waals surface area contributed by atoms with Gasteiger partial charge in [0.05, 0.1) is 28.9 Å². The maximum Gasteiger partial charge on any atom is 0.365 e. The summed E-state index contributed by atoms with van der Waals surface area (Å²) in [5.74, 6) is -2.04. The van der Waals surface area contributed by atoms with Crippen LogP contribution in [-0.2, 0) is 11.4 Å². The highest BCUT2D eigenvalue weighted by atomic mass is 16.7. The molecule has 3 aromatic rings. The molecule has 140 valence electrons. The molecule has 7 heteroatoms. The Hall–Kier alpha value is -3.74. The number of nitrogens with zero attached hydrogens (tertiary/aromatic N) is 3. The topological polar surface area (TPSA) is 81.5 Å². The molecule has 2 amide bonds. The first-order chi connectivity index (χ1) is 13.5. The van der Waals surface area contributed by atoms with Crippen molar-refractivity contribution < 1.29 is 19.2 Å². The van der Waals surface area contributed by atoms with Gasteiger partial charge in [0, 0.05) is 17.6 Å². The molecule has 1 aliphatic rings. The summed E-state index contributed by atoms with van der Waals surface area (Å²) in [7, 11) is 0. The normalized spacial score (nSPS) is 13.0. The Balaban J connectivity index is 1.57. The number of benzene rings is 1. The second-order valence-electron chi connectivity index (χ2n) is 6.52. The van der Waals surface area contributed by atoms with Crippen LogP contribution in [0, 0.1) is 13.8 Å². The lowest BCUT2D eigenvalue weighted by Gasteiger charge is -2.13. The van der Waals surface area contributed by atoms with Crippen LogP contribution in [0.3, 0.4) is 0 Å². The van der Waals surface area contributed by atoms with E-state index in [-0.39, 0.29) is 11.1 Å². The summed E-state index contributed by atoms with van der Waals surface area (Å²) in [6, 6.07) is 13.7. The molecule has 2 aromatic heterocycles. The number of carbonyl (C=O) groups is 3. The minimum Gasteiger partial charge on any atom is -0.342 e. The third-order valence-corrected chi connectivity index (χ3v) is 4.77. The molecule has 0 aliphatic carbocycles. The van der Waals surface area contributed by atoms with Crippen LogP contribution in [-0.4, -0.2) is 32.4 Å². The molecule has 7 nitrogen and oxygen atoms in total. The first-order valence-corrected chi connectivity index (χ1v) is 8.74. The quantitative estimate of drug-likeness (QED) is 0.655. The SMILES string of the molecule is Cc1cc(C(=O)ON2C(=O)c3ccccc3C2=O)c(C)n1Cc1ccccn1. The van der Waals surface area contributed by atoms with Crippen molar-refractivity contribution in [2.45, 2.75) is 20.4 Å². The van der Waals surface area contributed by atoms with E-state index in [2.05, 4.69) is 4.98 Å². The highest BCUT2D eigenvalue weighted by Crippen LogP contribution is 2.24. The number of aromatic nitrogens is 2. The lowest BCUT2D eigenvalue weighted by molar-refractivity contribution is -0.0585. The Bertz CT molecular complexity index is 1070. The van der Waals surface area contributed by atoms with Crippen LogP contribution in [0.1, 0.15) is 48.2 Å². The zero-order valence-electron chi connectivity index (χ0n) is 15.4. The van der Waals surface area contributed by atoms with Gasteiger partial charge in [-0.3, -0.25) is 14.6 Å².